The second-order valence-corrected chi connectivity index (χ2v) is 5.15. The summed E-state index contributed by atoms with van der Waals surface area (Å²) in [6.45, 7) is 1.78. The Morgan fingerprint density at radius 1 is 1.17 bits per heavy atom. The normalized spacial score (nSPS) is 15.8. The van der Waals surface area contributed by atoms with Crippen molar-refractivity contribution in [2.45, 2.75) is 19.8 Å². The van der Waals surface area contributed by atoms with Crippen LogP contribution in [-0.4, -0.2) is 18.9 Å². The molecule has 0 N–H and O–H groups in total. The van der Waals surface area contributed by atoms with Crippen LogP contribution in [-0.2, 0) is 14.3 Å². The SMILES string of the molecule is CCC(C(=O)OC)C1=CC=C(c2cc(F)c(F)cc2F)C(=O)C1. The molecule has 3 nitrogen and oxygen atoms in total. The van der Waals surface area contributed by atoms with Crippen LogP contribution in [0.25, 0.3) is 5.57 Å². The number of hydrogen-bond acceptors (Lipinski definition) is 3. The molecule has 0 aromatic heterocycles. The van der Waals surface area contributed by atoms with Crippen molar-refractivity contribution in [3.8, 4) is 0 Å². The molecule has 0 bridgehead atoms. The van der Waals surface area contributed by atoms with E-state index in [1.54, 1.807) is 6.92 Å². The molecule has 1 unspecified atom stereocenters. The van der Waals surface area contributed by atoms with Gasteiger partial charge in [-0.2, -0.15) is 0 Å². The Labute approximate surface area is 131 Å². The van der Waals surface area contributed by atoms with Crippen LogP contribution in [0.2, 0.25) is 0 Å². The zero-order chi connectivity index (χ0) is 17.1. The highest BCUT2D eigenvalue weighted by Crippen LogP contribution is 2.31. The van der Waals surface area contributed by atoms with Crippen molar-refractivity contribution in [3.63, 3.8) is 0 Å². The molecule has 0 radical (unpaired) electrons. The van der Waals surface area contributed by atoms with Crippen molar-refractivity contribution < 1.29 is 27.5 Å². The topological polar surface area (TPSA) is 43.4 Å². The number of benzene rings is 1. The van der Waals surface area contributed by atoms with E-state index in [1.807, 2.05) is 0 Å². The van der Waals surface area contributed by atoms with E-state index in [9.17, 15) is 22.8 Å². The molecule has 0 fully saturated rings. The van der Waals surface area contributed by atoms with E-state index in [0.29, 0.717) is 24.1 Å². The van der Waals surface area contributed by atoms with Gasteiger partial charge in [0, 0.05) is 23.6 Å². The minimum absolute atomic E-state index is 0.0510. The Balaban J connectivity index is 2.41. The summed E-state index contributed by atoms with van der Waals surface area (Å²) >= 11 is 0. The Hall–Kier alpha value is -2.37. The lowest BCUT2D eigenvalue weighted by Crippen LogP contribution is -2.21. The molecule has 0 heterocycles. The molecular weight excluding hydrogens is 309 g/mol. The van der Waals surface area contributed by atoms with Crippen molar-refractivity contribution in [1.29, 1.82) is 0 Å². The number of rotatable bonds is 4. The molecule has 0 saturated carbocycles. The van der Waals surface area contributed by atoms with Crippen molar-refractivity contribution in [3.05, 3.63) is 52.9 Å². The van der Waals surface area contributed by atoms with Crippen molar-refractivity contribution >= 4 is 17.3 Å². The first kappa shape index (κ1) is 17.0. The number of hydrogen-bond donors (Lipinski definition) is 0. The number of Topliss-reactive ketones (excluding diaryl/α,β-unsaturated/α-hetero) is 1. The highest BCUT2D eigenvalue weighted by Gasteiger charge is 2.28. The third kappa shape index (κ3) is 3.36. The van der Waals surface area contributed by atoms with E-state index in [4.69, 9.17) is 0 Å². The van der Waals surface area contributed by atoms with Crippen LogP contribution >= 0.6 is 0 Å². The zero-order valence-electron chi connectivity index (χ0n) is 12.7. The van der Waals surface area contributed by atoms with Gasteiger partial charge >= 0.3 is 5.97 Å². The Bertz CT molecular complexity index is 720. The molecule has 1 aliphatic carbocycles. The molecule has 0 saturated heterocycles. The second kappa shape index (κ2) is 6.81. The molecule has 6 heteroatoms. The largest absolute Gasteiger partial charge is 0.469 e. The van der Waals surface area contributed by atoms with Crippen LogP contribution in [0.5, 0.6) is 0 Å². The maximum Gasteiger partial charge on any atom is 0.312 e. The zero-order valence-corrected chi connectivity index (χ0v) is 12.7. The van der Waals surface area contributed by atoms with Gasteiger partial charge < -0.3 is 4.74 Å². The van der Waals surface area contributed by atoms with Crippen LogP contribution in [0.4, 0.5) is 13.2 Å². The number of carbonyl (C=O) groups is 2. The molecule has 0 amide bonds. The van der Waals surface area contributed by atoms with E-state index in [1.165, 1.54) is 19.3 Å². The summed E-state index contributed by atoms with van der Waals surface area (Å²) in [6.07, 6.45) is 3.21. The van der Waals surface area contributed by atoms with Crippen molar-refractivity contribution in [1.82, 2.24) is 0 Å². The fourth-order valence-corrected chi connectivity index (χ4v) is 2.55. The lowest BCUT2D eigenvalue weighted by atomic mass is 9.85. The quantitative estimate of drug-likeness (QED) is 0.628. The monoisotopic (exact) mass is 324 g/mol. The van der Waals surface area contributed by atoms with Gasteiger partial charge in [0.1, 0.15) is 5.82 Å². The number of carbonyl (C=O) groups excluding carboxylic acids is 2. The maximum absolute atomic E-state index is 13.8. The summed E-state index contributed by atoms with van der Waals surface area (Å²) in [5.74, 6) is -5.04. The average Bonchev–Trinajstić information content (AvgIpc) is 2.52. The second-order valence-electron chi connectivity index (χ2n) is 5.15. The number of halogens is 3. The Morgan fingerprint density at radius 3 is 2.39 bits per heavy atom. The highest BCUT2D eigenvalue weighted by atomic mass is 19.2. The van der Waals surface area contributed by atoms with Gasteiger partial charge in [0.2, 0.25) is 0 Å². The predicted octanol–water partition coefficient (Wildman–Crippen LogP) is 3.59. The smallest absolute Gasteiger partial charge is 0.312 e. The molecular formula is C17H15F3O3. The molecule has 122 valence electrons. The van der Waals surface area contributed by atoms with Crippen LogP contribution in [0, 0.1) is 23.4 Å². The molecule has 1 atom stereocenters. The van der Waals surface area contributed by atoms with Crippen molar-refractivity contribution in [2.24, 2.45) is 5.92 Å². The summed E-state index contributed by atoms with van der Waals surface area (Å²) in [4.78, 5) is 23.9. The van der Waals surface area contributed by atoms with Gasteiger partial charge in [-0.1, -0.05) is 19.1 Å². The summed E-state index contributed by atoms with van der Waals surface area (Å²) in [5, 5.41) is 0. The first-order valence-corrected chi connectivity index (χ1v) is 7.05. The van der Waals surface area contributed by atoms with E-state index >= 15 is 0 Å². The number of ether oxygens (including phenoxy) is 1. The standard InChI is InChI=1S/C17H15F3O3/c1-3-10(17(22)23-2)9-4-5-11(16(21)6-9)12-7-14(19)15(20)8-13(12)18/h4-5,7-8,10H,3,6H2,1-2H3. The van der Waals surface area contributed by atoms with E-state index in [0.717, 1.165) is 0 Å². The Kier molecular flexibility index (Phi) is 5.03. The van der Waals surface area contributed by atoms with Gasteiger partial charge in [0.25, 0.3) is 0 Å². The van der Waals surface area contributed by atoms with E-state index in [-0.39, 0.29) is 17.6 Å². The van der Waals surface area contributed by atoms with Gasteiger partial charge in [-0.05, 0) is 18.1 Å². The van der Waals surface area contributed by atoms with Crippen LogP contribution in [0.3, 0.4) is 0 Å². The molecule has 0 aliphatic heterocycles. The fraction of sp³-hybridized carbons (Fsp3) is 0.294. The average molecular weight is 324 g/mol. The van der Waals surface area contributed by atoms with Crippen LogP contribution in [0.15, 0.2) is 29.9 Å². The number of allylic oxidation sites excluding steroid dienone is 3. The minimum Gasteiger partial charge on any atom is -0.469 e. The van der Waals surface area contributed by atoms with Crippen molar-refractivity contribution in [2.75, 3.05) is 7.11 Å². The summed E-state index contributed by atoms with van der Waals surface area (Å²) in [5.41, 5.74) is 0.205. The van der Waals surface area contributed by atoms with Gasteiger partial charge in [0.05, 0.1) is 13.0 Å². The molecule has 23 heavy (non-hydrogen) atoms. The summed E-state index contributed by atoms with van der Waals surface area (Å²) in [6, 6.07) is 1.06. The molecule has 2 rings (SSSR count). The highest BCUT2D eigenvalue weighted by molar-refractivity contribution is 6.23. The lowest BCUT2D eigenvalue weighted by Gasteiger charge is -2.20. The summed E-state index contributed by atoms with van der Waals surface area (Å²) < 4.78 is 44.8. The number of ketones is 1. The lowest BCUT2D eigenvalue weighted by molar-refractivity contribution is -0.144. The van der Waals surface area contributed by atoms with E-state index in [2.05, 4.69) is 4.74 Å². The van der Waals surface area contributed by atoms with Gasteiger partial charge in [-0.25, -0.2) is 13.2 Å². The van der Waals surface area contributed by atoms with Gasteiger partial charge in [-0.3, -0.25) is 9.59 Å². The predicted molar refractivity (Wildman–Crippen MR) is 77.8 cm³/mol. The first-order chi connectivity index (χ1) is 10.9. The first-order valence-electron chi connectivity index (χ1n) is 7.05. The molecule has 1 aromatic rings. The van der Waals surface area contributed by atoms with Crippen LogP contribution < -0.4 is 0 Å². The van der Waals surface area contributed by atoms with Crippen LogP contribution in [0.1, 0.15) is 25.3 Å². The Morgan fingerprint density at radius 2 is 1.83 bits per heavy atom. The maximum atomic E-state index is 13.8. The molecule has 1 aliphatic rings. The third-order valence-electron chi connectivity index (χ3n) is 3.77. The minimum atomic E-state index is -1.32. The van der Waals surface area contributed by atoms with Gasteiger partial charge in [-0.15, -0.1) is 0 Å². The number of esters is 1. The third-order valence-corrected chi connectivity index (χ3v) is 3.77. The number of methoxy groups -OCH3 is 1. The molecule has 0 spiro atoms. The molecule has 1 aromatic carbocycles. The fourth-order valence-electron chi connectivity index (χ4n) is 2.55. The van der Waals surface area contributed by atoms with E-state index < -0.39 is 35.1 Å². The summed E-state index contributed by atoms with van der Waals surface area (Å²) in [7, 11) is 1.26. The van der Waals surface area contributed by atoms with Gasteiger partial charge in [0.15, 0.2) is 17.4 Å².